The van der Waals surface area contributed by atoms with E-state index in [1.54, 1.807) is 11.3 Å². The molecule has 0 N–H and O–H groups in total. The number of hydrogen-bond acceptors (Lipinski definition) is 1. The van der Waals surface area contributed by atoms with Crippen LogP contribution >= 0.6 is 11.3 Å². The fourth-order valence-corrected chi connectivity index (χ4v) is 2.67. The highest BCUT2D eigenvalue weighted by molar-refractivity contribution is 7.17. The van der Waals surface area contributed by atoms with Gasteiger partial charge in [-0.05, 0) is 36.2 Å². The Hall–Kier alpha value is -1.26. The summed E-state index contributed by atoms with van der Waals surface area (Å²) in [7, 11) is 0. The van der Waals surface area contributed by atoms with E-state index in [4.69, 9.17) is 6.42 Å². The maximum atomic E-state index is 5.54. The predicted octanol–water partition coefficient (Wildman–Crippen LogP) is 3.81. The summed E-state index contributed by atoms with van der Waals surface area (Å²) < 4.78 is 1.31. The molecule has 14 heavy (non-hydrogen) atoms. The Labute approximate surface area is 88.6 Å². The van der Waals surface area contributed by atoms with Crippen LogP contribution in [0.2, 0.25) is 0 Å². The van der Waals surface area contributed by atoms with Gasteiger partial charge >= 0.3 is 0 Å². The van der Waals surface area contributed by atoms with Crippen LogP contribution in [-0.2, 0) is 5.41 Å². The Balaban J connectivity index is 2.72. The quantitative estimate of drug-likeness (QED) is 0.614. The minimum Gasteiger partial charge on any atom is -0.143 e. The third kappa shape index (κ3) is 1.32. The third-order valence-electron chi connectivity index (χ3n) is 2.52. The summed E-state index contributed by atoms with van der Waals surface area (Å²) >= 11 is 1.76. The summed E-state index contributed by atoms with van der Waals surface area (Å²) in [5, 5.41) is 3.46. The molecule has 0 atom stereocenters. The Bertz CT molecular complexity index is 497. The number of benzene rings is 1. The van der Waals surface area contributed by atoms with Crippen molar-refractivity contribution < 1.29 is 0 Å². The highest BCUT2D eigenvalue weighted by Gasteiger charge is 2.20. The van der Waals surface area contributed by atoms with Gasteiger partial charge in [-0.3, -0.25) is 0 Å². The van der Waals surface area contributed by atoms with Crippen LogP contribution in [0, 0.1) is 12.3 Å². The highest BCUT2D eigenvalue weighted by atomic mass is 32.1. The van der Waals surface area contributed by atoms with E-state index in [1.165, 1.54) is 15.6 Å². The fourth-order valence-electron chi connectivity index (χ4n) is 1.54. The molecule has 0 fully saturated rings. The summed E-state index contributed by atoms with van der Waals surface area (Å²) in [6.07, 6.45) is 5.54. The molecule has 0 saturated carbocycles. The lowest BCUT2D eigenvalue weighted by atomic mass is 9.85. The summed E-state index contributed by atoms with van der Waals surface area (Å²) in [6.45, 7) is 4.17. The van der Waals surface area contributed by atoms with E-state index in [2.05, 4.69) is 49.4 Å². The normalized spacial score (nSPS) is 11.5. The molecule has 0 aliphatic carbocycles. The van der Waals surface area contributed by atoms with Crippen LogP contribution in [0.3, 0.4) is 0 Å². The zero-order chi connectivity index (χ0) is 10.2. The van der Waals surface area contributed by atoms with Gasteiger partial charge in [0.25, 0.3) is 0 Å². The first-order chi connectivity index (χ1) is 6.65. The molecule has 1 aromatic carbocycles. The smallest absolute Gasteiger partial charge is 0.0518 e. The second kappa shape index (κ2) is 3.15. The standard InChI is InChI=1S/C13H12S/c1-4-13(2,3)11-9-14-12-8-6-5-7-10(11)12/h1,5-9H,2-3H3. The van der Waals surface area contributed by atoms with Crippen molar-refractivity contribution in [2.45, 2.75) is 19.3 Å². The van der Waals surface area contributed by atoms with Crippen molar-refractivity contribution in [2.24, 2.45) is 0 Å². The molecule has 0 aliphatic heterocycles. The third-order valence-corrected chi connectivity index (χ3v) is 3.48. The van der Waals surface area contributed by atoms with Gasteiger partial charge in [-0.1, -0.05) is 24.1 Å². The van der Waals surface area contributed by atoms with Gasteiger partial charge in [-0.2, -0.15) is 0 Å². The molecular weight excluding hydrogens is 188 g/mol. The van der Waals surface area contributed by atoms with Crippen LogP contribution in [0.1, 0.15) is 19.4 Å². The molecule has 1 heteroatoms. The van der Waals surface area contributed by atoms with Crippen LogP contribution in [0.4, 0.5) is 0 Å². The van der Waals surface area contributed by atoms with Crippen LogP contribution in [0.25, 0.3) is 10.1 Å². The minimum absolute atomic E-state index is 0.167. The van der Waals surface area contributed by atoms with E-state index >= 15 is 0 Å². The van der Waals surface area contributed by atoms with Crippen LogP contribution in [0.15, 0.2) is 29.6 Å². The van der Waals surface area contributed by atoms with Gasteiger partial charge < -0.3 is 0 Å². The first kappa shape index (κ1) is 9.30. The maximum Gasteiger partial charge on any atom is 0.0518 e. The van der Waals surface area contributed by atoms with Gasteiger partial charge in [0, 0.05) is 4.70 Å². The van der Waals surface area contributed by atoms with Gasteiger partial charge in [-0.25, -0.2) is 0 Å². The highest BCUT2D eigenvalue weighted by Crippen LogP contribution is 2.34. The SMILES string of the molecule is C#CC(C)(C)c1csc2ccccc12. The zero-order valence-electron chi connectivity index (χ0n) is 8.37. The summed E-state index contributed by atoms with van der Waals surface area (Å²) in [5.74, 6) is 2.84. The number of thiophene rings is 1. The molecule has 0 unspecified atom stereocenters. The molecule has 0 aliphatic rings. The average Bonchev–Trinajstić information content (AvgIpc) is 2.61. The van der Waals surface area contributed by atoms with Crippen molar-refractivity contribution >= 4 is 21.4 Å². The van der Waals surface area contributed by atoms with Gasteiger partial charge in [-0.15, -0.1) is 17.8 Å². The van der Waals surface area contributed by atoms with E-state index in [9.17, 15) is 0 Å². The Kier molecular flexibility index (Phi) is 2.09. The molecular formula is C13H12S. The minimum atomic E-state index is -0.167. The second-order valence-corrected chi connectivity index (χ2v) is 4.83. The van der Waals surface area contributed by atoms with Crippen LogP contribution in [0.5, 0.6) is 0 Å². The molecule has 1 heterocycles. The maximum absolute atomic E-state index is 5.54. The molecule has 2 aromatic rings. The average molecular weight is 200 g/mol. The van der Waals surface area contributed by atoms with Crippen molar-refractivity contribution in [3.8, 4) is 12.3 Å². The van der Waals surface area contributed by atoms with Crippen molar-refractivity contribution in [3.63, 3.8) is 0 Å². The second-order valence-electron chi connectivity index (χ2n) is 3.91. The Morgan fingerprint density at radius 2 is 2.00 bits per heavy atom. The molecule has 1 aromatic heterocycles. The topological polar surface area (TPSA) is 0 Å². The largest absolute Gasteiger partial charge is 0.143 e. The van der Waals surface area contributed by atoms with Crippen LogP contribution in [-0.4, -0.2) is 0 Å². The van der Waals surface area contributed by atoms with Gasteiger partial charge in [0.2, 0.25) is 0 Å². The number of fused-ring (bicyclic) bond motifs is 1. The van der Waals surface area contributed by atoms with Crippen molar-refractivity contribution in [3.05, 3.63) is 35.2 Å². The van der Waals surface area contributed by atoms with E-state index < -0.39 is 0 Å². The Morgan fingerprint density at radius 1 is 1.29 bits per heavy atom. The van der Waals surface area contributed by atoms with Gasteiger partial charge in [0.15, 0.2) is 0 Å². The zero-order valence-corrected chi connectivity index (χ0v) is 9.19. The van der Waals surface area contributed by atoms with Crippen molar-refractivity contribution in [2.75, 3.05) is 0 Å². The first-order valence-electron chi connectivity index (χ1n) is 4.59. The Morgan fingerprint density at radius 3 is 2.71 bits per heavy atom. The lowest BCUT2D eigenvalue weighted by Crippen LogP contribution is -2.12. The monoisotopic (exact) mass is 200 g/mol. The van der Waals surface area contributed by atoms with E-state index in [0.29, 0.717) is 0 Å². The lowest BCUT2D eigenvalue weighted by molar-refractivity contribution is 0.709. The van der Waals surface area contributed by atoms with Gasteiger partial charge in [0.1, 0.15) is 0 Å². The summed E-state index contributed by atoms with van der Waals surface area (Å²) in [6, 6.07) is 8.40. The van der Waals surface area contributed by atoms with Crippen molar-refractivity contribution in [1.29, 1.82) is 0 Å². The van der Waals surface area contributed by atoms with E-state index in [0.717, 1.165) is 0 Å². The van der Waals surface area contributed by atoms with Crippen LogP contribution < -0.4 is 0 Å². The molecule has 0 radical (unpaired) electrons. The molecule has 0 saturated heterocycles. The van der Waals surface area contributed by atoms with E-state index in [-0.39, 0.29) is 5.41 Å². The molecule has 70 valence electrons. The lowest BCUT2D eigenvalue weighted by Gasteiger charge is -2.16. The van der Waals surface area contributed by atoms with E-state index in [1.807, 2.05) is 0 Å². The number of hydrogen-bond donors (Lipinski definition) is 0. The molecule has 0 amide bonds. The number of terminal acetylenes is 1. The molecule has 0 bridgehead atoms. The van der Waals surface area contributed by atoms with Gasteiger partial charge in [0.05, 0.1) is 5.41 Å². The fraction of sp³-hybridized carbons (Fsp3) is 0.231. The molecule has 0 spiro atoms. The molecule has 0 nitrogen and oxygen atoms in total. The number of rotatable bonds is 1. The summed E-state index contributed by atoms with van der Waals surface area (Å²) in [5.41, 5.74) is 1.10. The van der Waals surface area contributed by atoms with Crippen molar-refractivity contribution in [1.82, 2.24) is 0 Å². The first-order valence-corrected chi connectivity index (χ1v) is 5.47. The summed E-state index contributed by atoms with van der Waals surface area (Å²) in [4.78, 5) is 0. The molecule has 2 rings (SSSR count). The predicted molar refractivity (Wildman–Crippen MR) is 63.7 cm³/mol.